The second kappa shape index (κ2) is 17.3. The summed E-state index contributed by atoms with van der Waals surface area (Å²) in [5.41, 5.74) is 1.01. The summed E-state index contributed by atoms with van der Waals surface area (Å²) in [5, 5.41) is 11.2. The molecule has 0 bridgehead atoms. The van der Waals surface area contributed by atoms with Gasteiger partial charge in [-0.2, -0.15) is 0 Å². The fourth-order valence-electron chi connectivity index (χ4n) is 6.38. The second-order valence-electron chi connectivity index (χ2n) is 13.1. The molecule has 4 rings (SSSR count). The van der Waals surface area contributed by atoms with Crippen LogP contribution in [0.5, 0.6) is 0 Å². The normalized spacial score (nSPS) is 32.5. The highest BCUT2D eigenvalue weighted by atomic mass is 16.8. The SMILES string of the molecule is CCCCCCC#CCCCCCC[C@H]1OC(C)(C)O[C@H]1[C@@H](O)COC1OC2COC(c3ccccc3)OC2C(C)C1C. The second-order valence-corrected chi connectivity index (χ2v) is 13.1. The summed E-state index contributed by atoms with van der Waals surface area (Å²) in [6.07, 6.45) is 9.86. The molecule has 0 saturated carbocycles. The van der Waals surface area contributed by atoms with Crippen LogP contribution in [0.2, 0.25) is 0 Å². The van der Waals surface area contributed by atoms with Crippen LogP contribution in [-0.2, 0) is 28.4 Å². The zero-order chi connectivity index (χ0) is 30.7. The van der Waals surface area contributed by atoms with Crippen LogP contribution in [0.1, 0.15) is 117 Å². The summed E-state index contributed by atoms with van der Waals surface area (Å²) < 4.78 is 37.2. The van der Waals surface area contributed by atoms with Crippen molar-refractivity contribution in [2.24, 2.45) is 11.8 Å². The molecule has 1 aromatic carbocycles. The Morgan fingerprint density at radius 3 is 2.33 bits per heavy atom. The summed E-state index contributed by atoms with van der Waals surface area (Å²) in [5.74, 6) is 6.21. The molecule has 7 nitrogen and oxygen atoms in total. The van der Waals surface area contributed by atoms with E-state index in [0.29, 0.717) is 6.61 Å². The molecule has 9 atom stereocenters. The number of benzene rings is 1. The Balaban J connectivity index is 1.17. The van der Waals surface area contributed by atoms with Gasteiger partial charge in [0.25, 0.3) is 0 Å². The van der Waals surface area contributed by atoms with E-state index in [2.05, 4.69) is 32.6 Å². The molecule has 3 aliphatic heterocycles. The molecule has 7 heteroatoms. The summed E-state index contributed by atoms with van der Waals surface area (Å²) >= 11 is 0. The number of unbranched alkanes of at least 4 members (excludes halogenated alkanes) is 8. The van der Waals surface area contributed by atoms with Gasteiger partial charge in [-0.3, -0.25) is 0 Å². The van der Waals surface area contributed by atoms with E-state index in [1.165, 1.54) is 25.7 Å². The molecular formula is C36H56O7. The Morgan fingerprint density at radius 1 is 0.907 bits per heavy atom. The molecule has 1 N–H and O–H groups in total. The minimum absolute atomic E-state index is 0.0849. The van der Waals surface area contributed by atoms with Crippen molar-refractivity contribution in [1.29, 1.82) is 0 Å². The van der Waals surface area contributed by atoms with Crippen LogP contribution in [0.3, 0.4) is 0 Å². The lowest BCUT2D eigenvalue weighted by Crippen LogP contribution is -2.56. The van der Waals surface area contributed by atoms with Crippen molar-refractivity contribution in [2.45, 2.75) is 154 Å². The van der Waals surface area contributed by atoms with E-state index in [4.69, 9.17) is 28.4 Å². The quantitative estimate of drug-likeness (QED) is 0.167. The predicted molar refractivity (Wildman–Crippen MR) is 167 cm³/mol. The number of hydrogen-bond donors (Lipinski definition) is 1. The van der Waals surface area contributed by atoms with Crippen LogP contribution in [-0.4, -0.2) is 60.9 Å². The molecule has 6 unspecified atom stereocenters. The standard InChI is InChI=1S/C36H56O7/c1-6-7-8-9-10-11-12-13-14-15-16-20-23-30-33(43-36(4,5)42-30)29(37)24-38-34-27(3)26(2)32-31(40-34)25-39-35(41-32)28-21-18-17-19-22-28/h17-19,21-22,26-27,29-35,37H,6-10,13-16,20,23-25H2,1-5H3/t26?,27?,29-,30+,31?,32?,33-,34?,35?/m0/s1. The molecule has 3 aliphatic rings. The fraction of sp³-hybridized carbons (Fsp3) is 0.778. The Bertz CT molecular complexity index is 986. The van der Waals surface area contributed by atoms with E-state index in [1.807, 2.05) is 44.2 Å². The molecular weight excluding hydrogens is 544 g/mol. The molecule has 3 saturated heterocycles. The van der Waals surface area contributed by atoms with Crippen LogP contribution in [0, 0.1) is 23.7 Å². The van der Waals surface area contributed by atoms with E-state index in [1.54, 1.807) is 0 Å². The van der Waals surface area contributed by atoms with Gasteiger partial charge in [-0.25, -0.2) is 0 Å². The van der Waals surface area contributed by atoms with Gasteiger partial charge < -0.3 is 33.5 Å². The van der Waals surface area contributed by atoms with Gasteiger partial charge in [-0.05, 0) is 39.0 Å². The third-order valence-electron chi connectivity index (χ3n) is 9.07. The number of hydrogen-bond acceptors (Lipinski definition) is 7. The maximum absolute atomic E-state index is 11.2. The third kappa shape index (κ3) is 10.3. The van der Waals surface area contributed by atoms with Gasteiger partial charge in [0.15, 0.2) is 18.4 Å². The van der Waals surface area contributed by atoms with Crippen molar-refractivity contribution in [1.82, 2.24) is 0 Å². The molecule has 0 amide bonds. The van der Waals surface area contributed by atoms with E-state index in [0.717, 1.165) is 50.5 Å². The first-order valence-electron chi connectivity index (χ1n) is 16.9. The Hall–Kier alpha value is -1.50. The molecule has 242 valence electrons. The first-order chi connectivity index (χ1) is 20.8. The molecule has 43 heavy (non-hydrogen) atoms. The Labute approximate surface area is 260 Å². The highest BCUT2D eigenvalue weighted by molar-refractivity contribution is 5.16. The molecule has 3 fully saturated rings. The topological polar surface area (TPSA) is 75.6 Å². The van der Waals surface area contributed by atoms with Gasteiger partial charge in [0.05, 0.1) is 25.4 Å². The minimum atomic E-state index is -0.815. The average Bonchev–Trinajstić information content (AvgIpc) is 3.33. The number of fused-ring (bicyclic) bond motifs is 1. The Kier molecular flexibility index (Phi) is 13.8. The lowest BCUT2D eigenvalue weighted by Gasteiger charge is -2.48. The largest absolute Gasteiger partial charge is 0.388 e. The van der Waals surface area contributed by atoms with Crippen LogP contribution in [0.15, 0.2) is 30.3 Å². The number of aliphatic hydroxyl groups is 1. The monoisotopic (exact) mass is 600 g/mol. The molecule has 0 radical (unpaired) electrons. The van der Waals surface area contributed by atoms with E-state index >= 15 is 0 Å². The van der Waals surface area contributed by atoms with Gasteiger partial charge in [-0.1, -0.05) is 89.6 Å². The summed E-state index contributed by atoms with van der Waals surface area (Å²) in [7, 11) is 0. The highest BCUT2D eigenvalue weighted by Gasteiger charge is 2.48. The van der Waals surface area contributed by atoms with E-state index < -0.39 is 30.6 Å². The maximum Gasteiger partial charge on any atom is 0.184 e. The summed E-state index contributed by atoms with van der Waals surface area (Å²) in [4.78, 5) is 0. The molecule has 1 aromatic rings. The van der Waals surface area contributed by atoms with Crippen molar-refractivity contribution < 1.29 is 33.5 Å². The predicted octanol–water partition coefficient (Wildman–Crippen LogP) is 7.31. The van der Waals surface area contributed by atoms with Gasteiger partial charge in [0.1, 0.15) is 18.3 Å². The van der Waals surface area contributed by atoms with Crippen molar-refractivity contribution in [3.63, 3.8) is 0 Å². The van der Waals surface area contributed by atoms with Crippen LogP contribution >= 0.6 is 0 Å². The lowest BCUT2D eigenvalue weighted by atomic mass is 9.84. The van der Waals surface area contributed by atoms with E-state index in [-0.39, 0.29) is 36.8 Å². The van der Waals surface area contributed by atoms with Crippen molar-refractivity contribution in [3.05, 3.63) is 35.9 Å². The molecule has 0 aliphatic carbocycles. The van der Waals surface area contributed by atoms with Gasteiger partial charge >= 0.3 is 0 Å². The number of rotatable bonds is 15. The van der Waals surface area contributed by atoms with Crippen molar-refractivity contribution in [3.8, 4) is 11.8 Å². The van der Waals surface area contributed by atoms with Crippen LogP contribution in [0.25, 0.3) is 0 Å². The third-order valence-corrected chi connectivity index (χ3v) is 9.07. The first kappa shape index (κ1) is 34.4. The molecule has 0 aromatic heterocycles. The van der Waals surface area contributed by atoms with Crippen LogP contribution in [0.4, 0.5) is 0 Å². The zero-order valence-electron chi connectivity index (χ0n) is 27.2. The van der Waals surface area contributed by atoms with Gasteiger partial charge in [0.2, 0.25) is 0 Å². The minimum Gasteiger partial charge on any atom is -0.388 e. The van der Waals surface area contributed by atoms with Gasteiger partial charge in [-0.15, -0.1) is 11.8 Å². The smallest absolute Gasteiger partial charge is 0.184 e. The van der Waals surface area contributed by atoms with Gasteiger partial charge in [0, 0.05) is 24.3 Å². The summed E-state index contributed by atoms with van der Waals surface area (Å²) in [6, 6.07) is 10.0. The highest BCUT2D eigenvalue weighted by Crippen LogP contribution is 2.40. The van der Waals surface area contributed by atoms with Crippen molar-refractivity contribution in [2.75, 3.05) is 13.2 Å². The first-order valence-corrected chi connectivity index (χ1v) is 16.9. The molecule has 0 spiro atoms. The summed E-state index contributed by atoms with van der Waals surface area (Å²) in [6.45, 7) is 10.9. The molecule has 3 heterocycles. The fourth-order valence-corrected chi connectivity index (χ4v) is 6.38. The number of aliphatic hydroxyl groups excluding tert-OH is 1. The lowest BCUT2D eigenvalue weighted by molar-refractivity contribution is -0.344. The van der Waals surface area contributed by atoms with E-state index in [9.17, 15) is 5.11 Å². The van der Waals surface area contributed by atoms with Crippen LogP contribution < -0.4 is 0 Å². The average molecular weight is 601 g/mol. The Morgan fingerprint density at radius 2 is 1.60 bits per heavy atom. The number of ether oxygens (including phenoxy) is 6. The zero-order valence-corrected chi connectivity index (χ0v) is 27.2. The maximum atomic E-state index is 11.2. The van der Waals surface area contributed by atoms with Crippen molar-refractivity contribution >= 4 is 0 Å².